The summed E-state index contributed by atoms with van der Waals surface area (Å²) in [6, 6.07) is 9.25. The van der Waals surface area contributed by atoms with Crippen LogP contribution in [0.4, 0.5) is 0 Å². The zero-order valence-corrected chi connectivity index (χ0v) is 15.5. The average Bonchev–Trinajstić information content (AvgIpc) is 2.97. The molecule has 3 N–H and O–H groups in total. The second-order valence-electron chi connectivity index (χ2n) is 5.57. The van der Waals surface area contributed by atoms with Crippen LogP contribution in [0.3, 0.4) is 0 Å². The number of aryl methyl sites for hydroxylation is 1. The number of nitrogens with one attached hydrogen (secondary N) is 1. The lowest BCUT2D eigenvalue weighted by atomic mass is 10.1. The summed E-state index contributed by atoms with van der Waals surface area (Å²) in [6.45, 7) is 1.26. The summed E-state index contributed by atoms with van der Waals surface area (Å²) in [6.07, 6.45) is 0. The number of rotatable bonds is 6. The van der Waals surface area contributed by atoms with Gasteiger partial charge in [0.15, 0.2) is 12.4 Å². The van der Waals surface area contributed by atoms with Crippen LogP contribution in [-0.4, -0.2) is 33.0 Å². The first-order valence-electron chi connectivity index (χ1n) is 7.71. The number of carbonyl (C=O) groups is 1. The molecule has 27 heavy (non-hydrogen) atoms. The molecular weight excluding hydrogens is 395 g/mol. The molecule has 7 nitrogen and oxygen atoms in total. The van der Waals surface area contributed by atoms with Crippen LogP contribution in [-0.2, 0) is 4.79 Å². The smallest absolute Gasteiger partial charge is 0.341 e. The number of H-pyrrole nitrogens is 1. The number of hydrogen-bond acceptors (Lipinski definition) is 5. The monoisotopic (exact) mass is 408 g/mol. The number of ether oxygens (including phenoxy) is 2. The van der Waals surface area contributed by atoms with E-state index in [0.29, 0.717) is 38.5 Å². The molecule has 0 atom stereocenters. The Bertz CT molecular complexity index is 1000. The predicted molar refractivity (Wildman–Crippen MR) is 100 cm³/mol. The fourth-order valence-corrected chi connectivity index (χ4v) is 2.62. The summed E-state index contributed by atoms with van der Waals surface area (Å²) in [5, 5.41) is 26.7. The lowest BCUT2D eigenvalue weighted by Crippen LogP contribution is -2.09. The van der Waals surface area contributed by atoms with E-state index in [4.69, 9.17) is 37.8 Å². The van der Waals surface area contributed by atoms with Crippen molar-refractivity contribution in [3.8, 4) is 34.3 Å². The zero-order valence-electron chi connectivity index (χ0n) is 14.0. The van der Waals surface area contributed by atoms with E-state index in [2.05, 4.69) is 10.2 Å². The highest BCUT2D eigenvalue weighted by molar-refractivity contribution is 6.42. The lowest BCUT2D eigenvalue weighted by Gasteiger charge is -2.10. The second-order valence-corrected chi connectivity index (χ2v) is 6.38. The van der Waals surface area contributed by atoms with Crippen molar-refractivity contribution < 1.29 is 24.5 Å². The number of carboxylic acid groups (broad SMARTS) is 1. The van der Waals surface area contributed by atoms with E-state index in [1.807, 2.05) is 0 Å². The maximum atomic E-state index is 10.6. The number of aliphatic carboxylic acids is 1. The Morgan fingerprint density at radius 2 is 1.89 bits per heavy atom. The van der Waals surface area contributed by atoms with Crippen molar-refractivity contribution in [1.82, 2.24) is 10.2 Å². The molecule has 0 saturated carbocycles. The van der Waals surface area contributed by atoms with E-state index in [1.54, 1.807) is 31.2 Å². The summed E-state index contributed by atoms with van der Waals surface area (Å²) in [7, 11) is 0. The van der Waals surface area contributed by atoms with Crippen molar-refractivity contribution >= 4 is 29.2 Å². The summed E-state index contributed by atoms with van der Waals surface area (Å²) in [4.78, 5) is 10.6. The molecule has 2 aromatic carbocycles. The Balaban J connectivity index is 1.91. The Hall–Kier alpha value is -2.90. The molecule has 0 aliphatic carbocycles. The number of benzene rings is 2. The number of phenolic OH excluding ortho intramolecular Hbond substituents is 1. The van der Waals surface area contributed by atoms with Crippen LogP contribution in [0.1, 0.15) is 5.69 Å². The first-order chi connectivity index (χ1) is 12.8. The minimum atomic E-state index is -1.11. The molecule has 0 aliphatic heterocycles. The largest absolute Gasteiger partial charge is 0.507 e. The van der Waals surface area contributed by atoms with Gasteiger partial charge in [0, 0.05) is 17.7 Å². The van der Waals surface area contributed by atoms with Gasteiger partial charge < -0.3 is 19.7 Å². The van der Waals surface area contributed by atoms with Crippen LogP contribution in [0, 0.1) is 6.92 Å². The van der Waals surface area contributed by atoms with E-state index >= 15 is 0 Å². The molecule has 0 fully saturated rings. The molecule has 1 aromatic heterocycles. The standard InChI is InChI=1S/C18H14Cl2N2O5/c1-9-18(27-11-3-5-13(19)14(20)6-11)17(22-21-9)12-4-2-10(7-15(12)23)26-8-16(24)25/h2-7,23H,8H2,1H3,(H,21,22)(H,24,25). The van der Waals surface area contributed by atoms with E-state index in [-0.39, 0.29) is 11.5 Å². The molecule has 0 aliphatic rings. The minimum absolute atomic E-state index is 0.136. The van der Waals surface area contributed by atoms with E-state index in [1.165, 1.54) is 12.1 Å². The van der Waals surface area contributed by atoms with Crippen LogP contribution in [0.2, 0.25) is 10.0 Å². The number of aromatic amines is 1. The number of aromatic nitrogens is 2. The van der Waals surface area contributed by atoms with Crippen molar-refractivity contribution in [2.45, 2.75) is 6.92 Å². The summed E-state index contributed by atoms with van der Waals surface area (Å²) in [5.74, 6) is -0.168. The van der Waals surface area contributed by atoms with Crippen molar-refractivity contribution in [3.05, 3.63) is 52.1 Å². The topological polar surface area (TPSA) is 105 Å². The van der Waals surface area contributed by atoms with Crippen LogP contribution < -0.4 is 9.47 Å². The highest BCUT2D eigenvalue weighted by Crippen LogP contribution is 2.40. The van der Waals surface area contributed by atoms with Gasteiger partial charge in [0.1, 0.15) is 22.9 Å². The molecule has 140 valence electrons. The van der Waals surface area contributed by atoms with Crippen molar-refractivity contribution in [3.63, 3.8) is 0 Å². The highest BCUT2D eigenvalue weighted by Gasteiger charge is 2.19. The van der Waals surface area contributed by atoms with Crippen LogP contribution in [0.25, 0.3) is 11.3 Å². The predicted octanol–water partition coefficient (Wildman–Crippen LogP) is 4.65. The van der Waals surface area contributed by atoms with Gasteiger partial charge in [-0.25, -0.2) is 4.79 Å². The molecule has 9 heteroatoms. The number of hydrogen-bond donors (Lipinski definition) is 3. The molecular formula is C18H14Cl2N2O5. The van der Waals surface area contributed by atoms with Gasteiger partial charge in [-0.1, -0.05) is 23.2 Å². The van der Waals surface area contributed by atoms with Gasteiger partial charge in [-0.15, -0.1) is 0 Å². The van der Waals surface area contributed by atoms with Crippen LogP contribution in [0.15, 0.2) is 36.4 Å². The average molecular weight is 409 g/mol. The van der Waals surface area contributed by atoms with Crippen molar-refractivity contribution in [1.29, 1.82) is 0 Å². The Kier molecular flexibility index (Phi) is 5.43. The fraction of sp³-hybridized carbons (Fsp3) is 0.111. The first kappa shape index (κ1) is 18.9. The summed E-state index contributed by atoms with van der Waals surface area (Å²) in [5.41, 5.74) is 1.40. The van der Waals surface area contributed by atoms with Crippen molar-refractivity contribution in [2.75, 3.05) is 6.61 Å². The molecule has 0 saturated heterocycles. The van der Waals surface area contributed by atoms with E-state index in [0.717, 1.165) is 0 Å². The third-order valence-corrected chi connectivity index (χ3v) is 4.33. The molecule has 1 heterocycles. The third-order valence-electron chi connectivity index (χ3n) is 3.59. The Morgan fingerprint density at radius 3 is 2.56 bits per heavy atom. The van der Waals surface area contributed by atoms with Gasteiger partial charge in [0.05, 0.1) is 15.7 Å². The number of phenols is 1. The van der Waals surface area contributed by atoms with Gasteiger partial charge in [0.2, 0.25) is 0 Å². The molecule has 0 spiro atoms. The number of carboxylic acids is 1. The normalized spacial score (nSPS) is 10.6. The minimum Gasteiger partial charge on any atom is -0.507 e. The number of aromatic hydroxyl groups is 1. The second kappa shape index (κ2) is 7.77. The SMILES string of the molecule is Cc1[nH]nc(-c2ccc(OCC(=O)O)cc2O)c1Oc1ccc(Cl)c(Cl)c1. The van der Waals surface area contributed by atoms with Gasteiger partial charge in [0.25, 0.3) is 0 Å². The Labute approximate surface area is 164 Å². The molecule has 0 amide bonds. The lowest BCUT2D eigenvalue weighted by molar-refractivity contribution is -0.139. The summed E-state index contributed by atoms with van der Waals surface area (Å²) < 4.78 is 10.9. The van der Waals surface area contributed by atoms with Crippen LogP contribution >= 0.6 is 23.2 Å². The molecule has 0 radical (unpaired) electrons. The first-order valence-corrected chi connectivity index (χ1v) is 8.46. The van der Waals surface area contributed by atoms with E-state index in [9.17, 15) is 9.90 Å². The van der Waals surface area contributed by atoms with Gasteiger partial charge in [-0.3, -0.25) is 5.10 Å². The molecule has 3 aromatic rings. The van der Waals surface area contributed by atoms with Crippen molar-refractivity contribution in [2.24, 2.45) is 0 Å². The summed E-state index contributed by atoms with van der Waals surface area (Å²) >= 11 is 11.9. The van der Waals surface area contributed by atoms with Gasteiger partial charge in [-0.05, 0) is 31.2 Å². The maximum absolute atomic E-state index is 10.6. The third kappa shape index (κ3) is 4.27. The van der Waals surface area contributed by atoms with E-state index < -0.39 is 12.6 Å². The molecule has 3 rings (SSSR count). The van der Waals surface area contributed by atoms with Gasteiger partial charge >= 0.3 is 5.97 Å². The highest BCUT2D eigenvalue weighted by atomic mass is 35.5. The fourth-order valence-electron chi connectivity index (χ4n) is 2.33. The zero-order chi connectivity index (χ0) is 19.6. The van der Waals surface area contributed by atoms with Crippen LogP contribution in [0.5, 0.6) is 23.0 Å². The molecule has 0 bridgehead atoms. The maximum Gasteiger partial charge on any atom is 0.341 e. The van der Waals surface area contributed by atoms with Gasteiger partial charge in [-0.2, -0.15) is 5.10 Å². The number of nitrogens with zero attached hydrogens (tertiary/aromatic N) is 1. The number of halogens is 2. The quantitative estimate of drug-likeness (QED) is 0.547. The Morgan fingerprint density at radius 1 is 1.15 bits per heavy atom. The molecule has 0 unspecified atom stereocenters.